The molecule has 1 N–H and O–H groups in total. The highest BCUT2D eigenvalue weighted by Crippen LogP contribution is 2.26. The fourth-order valence-corrected chi connectivity index (χ4v) is 3.51. The lowest BCUT2D eigenvalue weighted by Gasteiger charge is -2.14. The van der Waals surface area contributed by atoms with E-state index in [1.165, 1.54) is 0 Å². The molecule has 0 aliphatic heterocycles. The van der Waals surface area contributed by atoms with Crippen molar-refractivity contribution >= 4 is 10.0 Å². The minimum atomic E-state index is -3.60. The molecule has 0 amide bonds. The number of methoxy groups -OCH3 is 1. The molecular formula is C16H20N2O3S. The van der Waals surface area contributed by atoms with Crippen LogP contribution in [0, 0.1) is 20.8 Å². The summed E-state index contributed by atoms with van der Waals surface area (Å²) in [6, 6.07) is 6.96. The van der Waals surface area contributed by atoms with Crippen LogP contribution in [0.2, 0.25) is 0 Å². The van der Waals surface area contributed by atoms with Gasteiger partial charge in [-0.3, -0.25) is 4.98 Å². The predicted molar refractivity (Wildman–Crippen MR) is 85.5 cm³/mol. The lowest BCUT2D eigenvalue weighted by Crippen LogP contribution is -2.25. The number of rotatable bonds is 5. The van der Waals surface area contributed by atoms with Gasteiger partial charge in [0.2, 0.25) is 10.0 Å². The van der Waals surface area contributed by atoms with E-state index in [1.807, 2.05) is 26.0 Å². The molecule has 118 valence electrons. The zero-order valence-corrected chi connectivity index (χ0v) is 14.0. The molecule has 2 aromatic rings. The van der Waals surface area contributed by atoms with Crippen molar-refractivity contribution in [2.45, 2.75) is 32.2 Å². The van der Waals surface area contributed by atoms with Crippen LogP contribution in [0.25, 0.3) is 0 Å². The minimum Gasteiger partial charge on any atom is -0.496 e. The fraction of sp³-hybridized carbons (Fsp3) is 0.312. The van der Waals surface area contributed by atoms with Crippen molar-refractivity contribution < 1.29 is 13.2 Å². The maximum atomic E-state index is 12.5. The van der Waals surface area contributed by atoms with Crippen molar-refractivity contribution in [2.24, 2.45) is 0 Å². The molecule has 0 aliphatic carbocycles. The first-order valence-electron chi connectivity index (χ1n) is 6.91. The van der Waals surface area contributed by atoms with Gasteiger partial charge in [-0.2, -0.15) is 0 Å². The van der Waals surface area contributed by atoms with E-state index in [2.05, 4.69) is 9.71 Å². The van der Waals surface area contributed by atoms with Crippen molar-refractivity contribution in [1.29, 1.82) is 0 Å². The number of hydrogen-bond donors (Lipinski definition) is 1. The summed E-state index contributed by atoms with van der Waals surface area (Å²) in [5.74, 6) is 0.678. The number of pyridine rings is 1. The van der Waals surface area contributed by atoms with Crippen LogP contribution in [0.4, 0.5) is 0 Å². The molecule has 0 spiro atoms. The third-order valence-electron chi connectivity index (χ3n) is 3.74. The molecule has 0 saturated carbocycles. The maximum Gasteiger partial charge on any atom is 0.241 e. The summed E-state index contributed by atoms with van der Waals surface area (Å²) in [5.41, 5.74) is 3.17. The van der Waals surface area contributed by atoms with Crippen molar-refractivity contribution in [3.8, 4) is 5.75 Å². The van der Waals surface area contributed by atoms with Gasteiger partial charge in [0.25, 0.3) is 0 Å². The van der Waals surface area contributed by atoms with Gasteiger partial charge in [-0.25, -0.2) is 13.1 Å². The number of ether oxygens (including phenoxy) is 1. The standard InChI is InChI=1S/C16H20N2O3S/c1-11-6-5-9-17-14(11)10-18-22(19,20)16-8-7-15(21-4)12(2)13(16)3/h5-9,18H,10H2,1-4H3. The molecule has 0 fully saturated rings. The van der Waals surface area contributed by atoms with Crippen LogP contribution < -0.4 is 9.46 Å². The summed E-state index contributed by atoms with van der Waals surface area (Å²) in [5, 5.41) is 0. The molecule has 22 heavy (non-hydrogen) atoms. The molecule has 1 heterocycles. The Labute approximate surface area is 131 Å². The van der Waals surface area contributed by atoms with E-state index < -0.39 is 10.0 Å². The zero-order chi connectivity index (χ0) is 16.3. The second-order valence-electron chi connectivity index (χ2n) is 5.11. The van der Waals surface area contributed by atoms with Gasteiger partial charge in [-0.1, -0.05) is 6.07 Å². The number of hydrogen-bond acceptors (Lipinski definition) is 4. The maximum absolute atomic E-state index is 12.5. The number of nitrogens with one attached hydrogen (secondary N) is 1. The van der Waals surface area contributed by atoms with Gasteiger partial charge in [-0.15, -0.1) is 0 Å². The monoisotopic (exact) mass is 320 g/mol. The summed E-state index contributed by atoms with van der Waals surface area (Å²) in [6.45, 7) is 5.69. The second kappa shape index (κ2) is 6.46. The molecule has 0 unspecified atom stereocenters. The fourth-order valence-electron chi connectivity index (χ4n) is 2.23. The first-order chi connectivity index (χ1) is 10.4. The van der Waals surface area contributed by atoms with E-state index in [1.54, 1.807) is 32.4 Å². The summed E-state index contributed by atoms with van der Waals surface area (Å²) in [4.78, 5) is 4.46. The average molecular weight is 320 g/mol. The van der Waals surface area contributed by atoms with Crippen LogP contribution in [0.15, 0.2) is 35.4 Å². The van der Waals surface area contributed by atoms with Gasteiger partial charge in [0.05, 0.1) is 24.2 Å². The molecule has 0 radical (unpaired) electrons. The number of aromatic nitrogens is 1. The van der Waals surface area contributed by atoms with Crippen LogP contribution in [-0.2, 0) is 16.6 Å². The molecule has 0 saturated heterocycles. The number of benzene rings is 1. The first-order valence-corrected chi connectivity index (χ1v) is 8.39. The van der Waals surface area contributed by atoms with Crippen LogP contribution in [0.3, 0.4) is 0 Å². The van der Waals surface area contributed by atoms with Crippen molar-refractivity contribution in [2.75, 3.05) is 7.11 Å². The van der Waals surface area contributed by atoms with E-state index in [9.17, 15) is 8.42 Å². The van der Waals surface area contributed by atoms with Crippen LogP contribution in [0.1, 0.15) is 22.4 Å². The Hall–Kier alpha value is -1.92. The summed E-state index contributed by atoms with van der Waals surface area (Å²) < 4.78 is 32.8. The van der Waals surface area contributed by atoms with E-state index in [0.29, 0.717) is 17.0 Å². The Bertz CT molecular complexity index is 786. The second-order valence-corrected chi connectivity index (χ2v) is 6.84. The van der Waals surface area contributed by atoms with Crippen LogP contribution >= 0.6 is 0 Å². The largest absolute Gasteiger partial charge is 0.496 e. The zero-order valence-electron chi connectivity index (χ0n) is 13.2. The van der Waals surface area contributed by atoms with E-state index in [4.69, 9.17) is 4.74 Å². The molecule has 0 atom stereocenters. The summed E-state index contributed by atoms with van der Waals surface area (Å²) in [7, 11) is -2.03. The Balaban J connectivity index is 2.28. The molecule has 5 nitrogen and oxygen atoms in total. The van der Waals surface area contributed by atoms with Crippen molar-refractivity contribution in [3.63, 3.8) is 0 Å². The molecular weight excluding hydrogens is 300 g/mol. The normalized spacial score (nSPS) is 11.5. The van der Waals surface area contributed by atoms with Crippen molar-refractivity contribution in [3.05, 3.63) is 52.8 Å². The first kappa shape index (κ1) is 16.5. The summed E-state index contributed by atoms with van der Waals surface area (Å²) in [6.07, 6.45) is 1.65. The number of nitrogens with zero attached hydrogens (tertiary/aromatic N) is 1. The lowest BCUT2D eigenvalue weighted by molar-refractivity contribution is 0.410. The van der Waals surface area contributed by atoms with E-state index in [-0.39, 0.29) is 11.4 Å². The molecule has 0 aliphatic rings. The van der Waals surface area contributed by atoms with E-state index >= 15 is 0 Å². The molecule has 1 aromatic heterocycles. The number of sulfonamides is 1. The molecule has 2 rings (SSSR count). The minimum absolute atomic E-state index is 0.166. The highest BCUT2D eigenvalue weighted by atomic mass is 32.2. The highest BCUT2D eigenvalue weighted by Gasteiger charge is 2.19. The Kier molecular flexibility index (Phi) is 4.83. The molecule has 6 heteroatoms. The Morgan fingerprint density at radius 3 is 2.50 bits per heavy atom. The topological polar surface area (TPSA) is 68.3 Å². The number of aryl methyl sites for hydroxylation is 1. The Morgan fingerprint density at radius 1 is 1.14 bits per heavy atom. The van der Waals surface area contributed by atoms with Gasteiger partial charge in [0, 0.05) is 6.20 Å². The van der Waals surface area contributed by atoms with Crippen molar-refractivity contribution in [1.82, 2.24) is 9.71 Å². The third-order valence-corrected chi connectivity index (χ3v) is 5.29. The third kappa shape index (κ3) is 3.28. The van der Waals surface area contributed by atoms with Gasteiger partial charge >= 0.3 is 0 Å². The average Bonchev–Trinajstić information content (AvgIpc) is 2.49. The summed E-state index contributed by atoms with van der Waals surface area (Å²) >= 11 is 0. The SMILES string of the molecule is COc1ccc(S(=O)(=O)NCc2ncccc2C)c(C)c1C. The van der Waals surface area contributed by atoms with Gasteiger partial charge < -0.3 is 4.74 Å². The highest BCUT2D eigenvalue weighted by molar-refractivity contribution is 7.89. The van der Waals surface area contributed by atoms with Gasteiger partial charge in [0.1, 0.15) is 5.75 Å². The van der Waals surface area contributed by atoms with Crippen LogP contribution in [-0.4, -0.2) is 20.5 Å². The lowest BCUT2D eigenvalue weighted by atomic mass is 10.1. The molecule has 0 bridgehead atoms. The van der Waals surface area contributed by atoms with Crippen LogP contribution in [0.5, 0.6) is 5.75 Å². The predicted octanol–water partition coefficient (Wildman–Crippen LogP) is 2.49. The smallest absolute Gasteiger partial charge is 0.241 e. The quantitative estimate of drug-likeness (QED) is 0.919. The Morgan fingerprint density at radius 2 is 1.86 bits per heavy atom. The van der Waals surface area contributed by atoms with Gasteiger partial charge in [0.15, 0.2) is 0 Å². The van der Waals surface area contributed by atoms with E-state index in [0.717, 1.165) is 11.1 Å². The molecule has 1 aromatic carbocycles. The van der Waals surface area contributed by atoms with Gasteiger partial charge in [-0.05, 0) is 55.7 Å².